The monoisotopic (exact) mass is 198 g/mol. The van der Waals surface area contributed by atoms with Crippen molar-refractivity contribution in [2.24, 2.45) is 5.92 Å². The highest BCUT2D eigenvalue weighted by Gasteiger charge is 2.01. The Kier molecular flexibility index (Phi) is 6.93. The average Bonchev–Trinajstić information content (AvgIpc) is 2.12. The molecular formula is C11H22N2O. The maximum absolute atomic E-state index is 5.50. The fourth-order valence-electron chi connectivity index (χ4n) is 1.02. The van der Waals surface area contributed by atoms with Crippen LogP contribution in [0.4, 0.5) is 0 Å². The number of nitrogens with one attached hydrogen (secondary N) is 2. The van der Waals surface area contributed by atoms with E-state index in [1.807, 2.05) is 33.0 Å². The summed E-state index contributed by atoms with van der Waals surface area (Å²) in [5.41, 5.74) is 6.92. The molecule has 0 aliphatic carbocycles. The van der Waals surface area contributed by atoms with Crippen LogP contribution in [0.5, 0.6) is 0 Å². The van der Waals surface area contributed by atoms with E-state index in [1.54, 1.807) is 0 Å². The second kappa shape index (κ2) is 7.44. The van der Waals surface area contributed by atoms with Crippen LogP contribution in [0.2, 0.25) is 0 Å². The van der Waals surface area contributed by atoms with Crippen molar-refractivity contribution in [1.29, 1.82) is 0 Å². The average molecular weight is 198 g/mol. The van der Waals surface area contributed by atoms with Crippen molar-refractivity contribution in [3.8, 4) is 0 Å². The molecule has 14 heavy (non-hydrogen) atoms. The number of allylic oxidation sites excluding steroid dienone is 4. The second-order valence-corrected chi connectivity index (χ2v) is 3.38. The summed E-state index contributed by atoms with van der Waals surface area (Å²) in [7, 11) is 1.84. The SMILES string of the molecule is CCO/C(=C/C=C(\C)NNC)C(C)C. The van der Waals surface area contributed by atoms with Crippen LogP contribution < -0.4 is 10.9 Å². The van der Waals surface area contributed by atoms with Crippen molar-refractivity contribution < 1.29 is 4.74 Å². The Bertz CT molecular complexity index is 207. The van der Waals surface area contributed by atoms with E-state index in [4.69, 9.17) is 4.74 Å². The van der Waals surface area contributed by atoms with Crippen LogP contribution in [0.3, 0.4) is 0 Å². The molecule has 0 unspecified atom stereocenters. The lowest BCUT2D eigenvalue weighted by Gasteiger charge is -2.11. The Hall–Kier alpha value is -0.960. The summed E-state index contributed by atoms with van der Waals surface area (Å²) in [5.74, 6) is 1.44. The molecule has 0 aliphatic heterocycles. The molecule has 2 N–H and O–H groups in total. The Labute approximate surface area is 87.2 Å². The van der Waals surface area contributed by atoms with Gasteiger partial charge in [0.25, 0.3) is 0 Å². The van der Waals surface area contributed by atoms with E-state index >= 15 is 0 Å². The van der Waals surface area contributed by atoms with Crippen molar-refractivity contribution in [2.75, 3.05) is 13.7 Å². The summed E-state index contributed by atoms with van der Waals surface area (Å²) >= 11 is 0. The van der Waals surface area contributed by atoms with E-state index in [0.29, 0.717) is 5.92 Å². The summed E-state index contributed by atoms with van der Waals surface area (Å²) < 4.78 is 5.50. The van der Waals surface area contributed by atoms with Gasteiger partial charge in [0.15, 0.2) is 0 Å². The van der Waals surface area contributed by atoms with Gasteiger partial charge >= 0.3 is 0 Å². The lowest BCUT2D eigenvalue weighted by atomic mass is 10.1. The normalized spacial score (nSPS) is 13.3. The minimum atomic E-state index is 0.425. The molecule has 0 aromatic heterocycles. The third-order valence-corrected chi connectivity index (χ3v) is 1.70. The third-order valence-electron chi connectivity index (χ3n) is 1.70. The number of hydrogen-bond acceptors (Lipinski definition) is 3. The van der Waals surface area contributed by atoms with E-state index < -0.39 is 0 Å². The minimum Gasteiger partial charge on any atom is -0.498 e. The van der Waals surface area contributed by atoms with Crippen molar-refractivity contribution in [3.05, 3.63) is 23.6 Å². The second-order valence-electron chi connectivity index (χ2n) is 3.38. The molecule has 3 nitrogen and oxygen atoms in total. The lowest BCUT2D eigenvalue weighted by molar-refractivity contribution is 0.200. The van der Waals surface area contributed by atoms with Crippen LogP contribution >= 0.6 is 0 Å². The van der Waals surface area contributed by atoms with Crippen molar-refractivity contribution in [3.63, 3.8) is 0 Å². The molecule has 0 rings (SSSR count). The van der Waals surface area contributed by atoms with Gasteiger partial charge in [0.2, 0.25) is 0 Å². The molecule has 0 saturated heterocycles. The van der Waals surface area contributed by atoms with Gasteiger partial charge in [-0.15, -0.1) is 0 Å². The first kappa shape index (κ1) is 13.0. The molecule has 0 heterocycles. The highest BCUT2D eigenvalue weighted by molar-refractivity contribution is 5.13. The van der Waals surface area contributed by atoms with Gasteiger partial charge in [-0.2, -0.15) is 0 Å². The Morgan fingerprint density at radius 1 is 1.36 bits per heavy atom. The zero-order valence-corrected chi connectivity index (χ0v) is 9.85. The molecule has 0 saturated carbocycles. The summed E-state index contributed by atoms with van der Waals surface area (Å²) in [6.07, 6.45) is 4.01. The first-order valence-electron chi connectivity index (χ1n) is 5.05. The molecule has 0 aliphatic rings. The van der Waals surface area contributed by atoms with E-state index in [-0.39, 0.29) is 0 Å². The quantitative estimate of drug-likeness (QED) is 0.390. The molecule has 0 atom stereocenters. The van der Waals surface area contributed by atoms with Crippen LogP contribution in [-0.2, 0) is 4.74 Å². The van der Waals surface area contributed by atoms with Crippen LogP contribution in [0, 0.1) is 5.92 Å². The minimum absolute atomic E-state index is 0.425. The van der Waals surface area contributed by atoms with Crippen LogP contribution in [0.15, 0.2) is 23.6 Å². The van der Waals surface area contributed by atoms with Crippen LogP contribution in [0.25, 0.3) is 0 Å². The lowest BCUT2D eigenvalue weighted by Crippen LogP contribution is -2.25. The van der Waals surface area contributed by atoms with Crippen molar-refractivity contribution in [2.45, 2.75) is 27.7 Å². The van der Waals surface area contributed by atoms with Gasteiger partial charge in [0, 0.05) is 18.7 Å². The highest BCUT2D eigenvalue weighted by atomic mass is 16.5. The first-order valence-corrected chi connectivity index (χ1v) is 5.05. The summed E-state index contributed by atoms with van der Waals surface area (Å²) in [4.78, 5) is 0. The molecule has 0 amide bonds. The van der Waals surface area contributed by atoms with Gasteiger partial charge < -0.3 is 10.2 Å². The predicted octanol–water partition coefficient (Wildman–Crippen LogP) is 2.19. The molecule has 82 valence electrons. The molecule has 0 fully saturated rings. The molecule has 0 radical (unpaired) electrons. The van der Waals surface area contributed by atoms with Gasteiger partial charge in [0.1, 0.15) is 0 Å². The largest absolute Gasteiger partial charge is 0.498 e. The van der Waals surface area contributed by atoms with Crippen molar-refractivity contribution >= 4 is 0 Å². The fourth-order valence-corrected chi connectivity index (χ4v) is 1.02. The number of hydrogen-bond donors (Lipinski definition) is 2. The Morgan fingerprint density at radius 3 is 2.43 bits per heavy atom. The number of ether oxygens (including phenoxy) is 1. The molecule has 0 aromatic carbocycles. The summed E-state index contributed by atoms with van der Waals surface area (Å²) in [6, 6.07) is 0. The molecule has 3 heteroatoms. The zero-order valence-electron chi connectivity index (χ0n) is 9.85. The van der Waals surface area contributed by atoms with Gasteiger partial charge in [-0.05, 0) is 26.0 Å². The number of rotatable bonds is 6. The smallest absolute Gasteiger partial charge is 0.0985 e. The zero-order chi connectivity index (χ0) is 11.0. The third kappa shape index (κ3) is 5.65. The van der Waals surface area contributed by atoms with E-state index in [1.165, 1.54) is 0 Å². The molecule has 0 spiro atoms. The van der Waals surface area contributed by atoms with E-state index in [2.05, 4.69) is 24.7 Å². The Morgan fingerprint density at radius 2 is 2.00 bits per heavy atom. The maximum Gasteiger partial charge on any atom is 0.0985 e. The summed E-state index contributed by atoms with van der Waals surface area (Å²) in [5, 5.41) is 0. The van der Waals surface area contributed by atoms with Gasteiger partial charge in [0.05, 0.1) is 12.4 Å². The topological polar surface area (TPSA) is 33.3 Å². The van der Waals surface area contributed by atoms with Gasteiger partial charge in [-0.1, -0.05) is 13.8 Å². The summed E-state index contributed by atoms with van der Waals surface area (Å²) in [6.45, 7) is 8.96. The van der Waals surface area contributed by atoms with Crippen molar-refractivity contribution in [1.82, 2.24) is 10.9 Å². The van der Waals surface area contributed by atoms with Gasteiger partial charge in [-0.3, -0.25) is 0 Å². The maximum atomic E-state index is 5.50. The standard InChI is InChI=1S/C11H22N2O/c1-6-14-11(9(2)3)8-7-10(4)13-12-5/h7-9,12-13H,6H2,1-5H3/b10-7+,11-8+. The van der Waals surface area contributed by atoms with E-state index in [0.717, 1.165) is 18.1 Å². The van der Waals surface area contributed by atoms with Crippen LogP contribution in [-0.4, -0.2) is 13.7 Å². The van der Waals surface area contributed by atoms with Crippen LogP contribution in [0.1, 0.15) is 27.7 Å². The molecule has 0 bridgehead atoms. The van der Waals surface area contributed by atoms with Gasteiger partial charge in [-0.25, -0.2) is 5.43 Å². The van der Waals surface area contributed by atoms with E-state index in [9.17, 15) is 0 Å². The molecular weight excluding hydrogens is 176 g/mol. The Balaban J connectivity index is 4.34. The number of hydrazine groups is 1. The fraction of sp³-hybridized carbons (Fsp3) is 0.636. The predicted molar refractivity (Wildman–Crippen MR) is 60.5 cm³/mol. The molecule has 0 aromatic rings. The first-order chi connectivity index (χ1) is 6.61. The highest BCUT2D eigenvalue weighted by Crippen LogP contribution is 2.11.